The molecule has 0 atom stereocenters. The number of ether oxygens (including phenoxy) is 3. The number of nitrogen functional groups attached to an aromatic ring is 1. The van der Waals surface area contributed by atoms with Gasteiger partial charge in [-0.05, 0) is 12.1 Å². The van der Waals surface area contributed by atoms with E-state index < -0.39 is 36.2 Å². The molecule has 2 aromatic rings. The van der Waals surface area contributed by atoms with Crippen molar-refractivity contribution < 1.29 is 32.9 Å². The van der Waals surface area contributed by atoms with Crippen LogP contribution in [0.1, 0.15) is 0 Å². The Labute approximate surface area is 132 Å². The summed E-state index contributed by atoms with van der Waals surface area (Å²) in [5, 5.41) is 8.43. The number of fused-ring (bicyclic) bond motifs is 4. The Morgan fingerprint density at radius 3 is 2.78 bits per heavy atom. The van der Waals surface area contributed by atoms with Crippen molar-refractivity contribution in [3.8, 4) is 28.6 Å². The van der Waals surface area contributed by atoms with Gasteiger partial charge in [0, 0.05) is 5.56 Å². The van der Waals surface area contributed by atoms with Gasteiger partial charge in [-0.3, -0.25) is 0 Å². The minimum absolute atomic E-state index is 0.00926. The molecule has 3 N–H and O–H groups in total. The highest BCUT2D eigenvalue weighted by Gasteiger charge is 2.27. The fraction of sp³-hybridized carbons (Fsp3) is 0.0769. The van der Waals surface area contributed by atoms with E-state index in [4.69, 9.17) is 31.9 Å². The van der Waals surface area contributed by atoms with Gasteiger partial charge in [-0.25, -0.2) is 9.78 Å². The van der Waals surface area contributed by atoms with Crippen molar-refractivity contribution in [3.63, 3.8) is 0 Å². The summed E-state index contributed by atoms with van der Waals surface area (Å²) in [6, 6.07) is 2.40. The lowest BCUT2D eigenvalue weighted by Gasteiger charge is -2.11. The standard InChI is InChI=1S/C13H7ClF2N2O5/c14-8-5(17)2-6(18-12(8)23-13(19)20)4-1-7-9(15)10(16)11(4)22-3-21-7/h1-2H,3H2,(H2,17,18)(H,19,20). The molecule has 1 aromatic carbocycles. The Morgan fingerprint density at radius 1 is 1.35 bits per heavy atom. The average molecular weight is 345 g/mol. The lowest BCUT2D eigenvalue weighted by Crippen LogP contribution is -2.07. The molecular weight excluding hydrogens is 338 g/mol. The molecule has 0 aliphatic carbocycles. The largest absolute Gasteiger partial charge is 0.512 e. The molecule has 4 rings (SSSR count). The zero-order chi connectivity index (χ0) is 16.7. The highest BCUT2D eigenvalue weighted by atomic mass is 35.5. The molecule has 0 saturated carbocycles. The Morgan fingerprint density at radius 2 is 2.09 bits per heavy atom. The molecule has 7 nitrogen and oxygen atoms in total. The number of hydrogen-bond acceptors (Lipinski definition) is 6. The average Bonchev–Trinajstić information content (AvgIpc) is 2.78. The maximum Gasteiger partial charge on any atom is 0.512 e. The highest BCUT2D eigenvalue weighted by Crippen LogP contribution is 2.42. The van der Waals surface area contributed by atoms with Crippen LogP contribution in [0.25, 0.3) is 11.3 Å². The predicted octanol–water partition coefficient (Wildman–Crippen LogP) is 3.05. The molecule has 0 unspecified atom stereocenters. The van der Waals surface area contributed by atoms with Gasteiger partial charge in [-0.15, -0.1) is 0 Å². The predicted molar refractivity (Wildman–Crippen MR) is 73.8 cm³/mol. The molecular formula is C13H7ClF2N2O5. The van der Waals surface area contributed by atoms with Gasteiger partial charge in [0.15, 0.2) is 11.5 Å². The summed E-state index contributed by atoms with van der Waals surface area (Å²) in [5.74, 6) is -3.78. The molecule has 120 valence electrons. The molecule has 2 aliphatic heterocycles. The van der Waals surface area contributed by atoms with E-state index in [0.29, 0.717) is 0 Å². The van der Waals surface area contributed by atoms with Crippen molar-refractivity contribution in [2.45, 2.75) is 0 Å². The van der Waals surface area contributed by atoms with Gasteiger partial charge in [0.05, 0.1) is 11.4 Å². The third-order valence-electron chi connectivity index (χ3n) is 2.96. The fourth-order valence-corrected chi connectivity index (χ4v) is 2.12. The van der Waals surface area contributed by atoms with Crippen molar-refractivity contribution in [2.24, 2.45) is 0 Å². The third-order valence-corrected chi connectivity index (χ3v) is 3.34. The smallest absolute Gasteiger partial charge is 0.454 e. The molecule has 10 heteroatoms. The number of pyridine rings is 1. The van der Waals surface area contributed by atoms with Crippen LogP contribution >= 0.6 is 11.6 Å². The Kier molecular flexibility index (Phi) is 3.57. The zero-order valence-corrected chi connectivity index (χ0v) is 11.9. The van der Waals surface area contributed by atoms with E-state index in [0.717, 1.165) is 6.07 Å². The van der Waals surface area contributed by atoms with Crippen LogP contribution < -0.4 is 19.9 Å². The number of hydrogen-bond donors (Lipinski definition) is 2. The molecule has 23 heavy (non-hydrogen) atoms. The number of carbonyl (C=O) groups is 1. The minimum atomic E-state index is -1.66. The van der Waals surface area contributed by atoms with E-state index in [9.17, 15) is 13.6 Å². The summed E-state index contributed by atoms with van der Waals surface area (Å²) >= 11 is 5.80. The topological polar surface area (TPSA) is 104 Å². The zero-order valence-electron chi connectivity index (χ0n) is 11.1. The monoisotopic (exact) mass is 344 g/mol. The number of carboxylic acid groups (broad SMARTS) is 1. The third kappa shape index (κ3) is 2.55. The summed E-state index contributed by atoms with van der Waals surface area (Å²) in [5.41, 5.74) is 5.58. The van der Waals surface area contributed by atoms with Crippen LogP contribution in [-0.2, 0) is 0 Å². The second-order valence-corrected chi connectivity index (χ2v) is 4.75. The first kappa shape index (κ1) is 15.1. The quantitative estimate of drug-likeness (QED) is 0.807. The van der Waals surface area contributed by atoms with Gasteiger partial charge >= 0.3 is 6.16 Å². The van der Waals surface area contributed by atoms with E-state index in [1.807, 2.05) is 0 Å². The summed E-state index contributed by atoms with van der Waals surface area (Å²) in [7, 11) is 0. The van der Waals surface area contributed by atoms with Crippen LogP contribution in [-0.4, -0.2) is 23.0 Å². The summed E-state index contributed by atoms with van der Waals surface area (Å²) in [6.45, 7) is -0.396. The summed E-state index contributed by atoms with van der Waals surface area (Å²) in [4.78, 5) is 14.5. The fourth-order valence-electron chi connectivity index (χ4n) is 1.99. The van der Waals surface area contributed by atoms with Crippen molar-refractivity contribution in [2.75, 3.05) is 12.5 Å². The van der Waals surface area contributed by atoms with Crippen molar-refractivity contribution >= 4 is 23.4 Å². The van der Waals surface area contributed by atoms with Gasteiger partial charge < -0.3 is 25.1 Å². The number of aromatic nitrogens is 1. The maximum absolute atomic E-state index is 13.9. The molecule has 1 aromatic heterocycles. The van der Waals surface area contributed by atoms with Crippen molar-refractivity contribution in [1.82, 2.24) is 4.98 Å². The second-order valence-electron chi connectivity index (χ2n) is 4.37. The van der Waals surface area contributed by atoms with Crippen molar-refractivity contribution in [3.05, 3.63) is 28.8 Å². The lowest BCUT2D eigenvalue weighted by molar-refractivity contribution is 0.123. The van der Waals surface area contributed by atoms with Crippen LogP contribution in [0, 0.1) is 11.6 Å². The number of nitrogens with zero attached hydrogens (tertiary/aromatic N) is 1. The van der Waals surface area contributed by atoms with E-state index in [1.54, 1.807) is 0 Å². The number of anilines is 1. The first-order valence-electron chi connectivity index (χ1n) is 6.03. The molecule has 0 spiro atoms. The number of benzene rings is 1. The SMILES string of the molecule is Nc1cc(-c2cc3c(F)c(F)c2OCO3)nc(OC(=O)O)c1Cl. The Balaban J connectivity index is 2.21. The summed E-state index contributed by atoms with van der Waals surface area (Å²) in [6.07, 6.45) is -1.66. The normalized spacial score (nSPS) is 12.3. The number of nitrogens with two attached hydrogens (primary N) is 1. The maximum atomic E-state index is 13.9. The van der Waals surface area contributed by atoms with Crippen LogP contribution in [0.4, 0.5) is 19.3 Å². The molecule has 0 fully saturated rings. The molecule has 0 saturated heterocycles. The first-order valence-corrected chi connectivity index (χ1v) is 6.41. The van der Waals surface area contributed by atoms with Gasteiger partial charge in [0.2, 0.25) is 24.3 Å². The molecule has 2 aliphatic rings. The number of rotatable bonds is 2. The first-order chi connectivity index (χ1) is 10.9. The summed E-state index contributed by atoms with van der Waals surface area (Å²) < 4.78 is 41.9. The van der Waals surface area contributed by atoms with Gasteiger partial charge in [-0.2, -0.15) is 8.78 Å². The molecule has 2 bridgehead atoms. The van der Waals surface area contributed by atoms with E-state index in [-0.39, 0.29) is 27.7 Å². The molecule has 0 radical (unpaired) electrons. The lowest BCUT2D eigenvalue weighted by atomic mass is 10.1. The van der Waals surface area contributed by atoms with Crippen LogP contribution in [0.15, 0.2) is 12.1 Å². The van der Waals surface area contributed by atoms with Gasteiger partial charge in [0.1, 0.15) is 5.02 Å². The van der Waals surface area contributed by atoms with Crippen LogP contribution in [0.5, 0.6) is 17.4 Å². The van der Waals surface area contributed by atoms with E-state index >= 15 is 0 Å². The highest BCUT2D eigenvalue weighted by molar-refractivity contribution is 6.34. The molecule has 0 amide bonds. The second kappa shape index (κ2) is 5.43. The van der Waals surface area contributed by atoms with Crippen LogP contribution in [0.2, 0.25) is 5.02 Å². The van der Waals surface area contributed by atoms with Gasteiger partial charge in [0.25, 0.3) is 0 Å². The van der Waals surface area contributed by atoms with E-state index in [2.05, 4.69) is 9.72 Å². The van der Waals surface area contributed by atoms with E-state index in [1.165, 1.54) is 6.07 Å². The van der Waals surface area contributed by atoms with Gasteiger partial charge in [-0.1, -0.05) is 11.6 Å². The molecule has 3 heterocycles. The number of halogens is 3. The Hall–Kier alpha value is -2.81. The minimum Gasteiger partial charge on any atom is -0.454 e. The van der Waals surface area contributed by atoms with Crippen LogP contribution in [0.3, 0.4) is 0 Å². The Bertz CT molecular complexity index is 831. The van der Waals surface area contributed by atoms with Crippen molar-refractivity contribution in [1.29, 1.82) is 0 Å².